The molecule has 0 saturated carbocycles. The minimum Gasteiger partial charge on any atom is -0.396 e. The van der Waals surface area contributed by atoms with E-state index in [4.69, 9.17) is 5.11 Å². The number of amides is 4. The zero-order valence-electron chi connectivity index (χ0n) is 20.3. The lowest BCUT2D eigenvalue weighted by Gasteiger charge is -2.36. The van der Waals surface area contributed by atoms with Crippen molar-refractivity contribution in [2.24, 2.45) is 0 Å². The first-order chi connectivity index (χ1) is 16.7. The lowest BCUT2D eigenvalue weighted by Crippen LogP contribution is -2.65. The van der Waals surface area contributed by atoms with Gasteiger partial charge >= 0.3 is 0 Å². The number of carbonyl (C=O) groups excluding carboxylic acids is 4. The summed E-state index contributed by atoms with van der Waals surface area (Å²) in [5.74, 6) is -2.44. The molecule has 3 rings (SSSR count). The van der Waals surface area contributed by atoms with E-state index >= 15 is 0 Å². The van der Waals surface area contributed by atoms with Crippen molar-refractivity contribution in [2.75, 3.05) is 13.2 Å². The Morgan fingerprint density at radius 2 is 1.83 bits per heavy atom. The van der Waals surface area contributed by atoms with Gasteiger partial charge in [0.2, 0.25) is 23.6 Å². The van der Waals surface area contributed by atoms with Crippen LogP contribution in [0.5, 0.6) is 0 Å². The van der Waals surface area contributed by atoms with Gasteiger partial charge in [-0.1, -0.05) is 25.1 Å². The molecule has 4 atom stereocenters. The maximum Gasteiger partial charge on any atom is 0.246 e. The molecule has 1 aromatic rings. The molecular weight excluding hydrogens is 455 g/mol. The molecule has 4 amide bonds. The lowest BCUT2D eigenvalue weighted by atomic mass is 9.94. The molecule has 0 aromatic heterocycles. The Balaban J connectivity index is 1.96. The average Bonchev–Trinajstić information content (AvgIpc) is 3.33. The lowest BCUT2D eigenvalue weighted by molar-refractivity contribution is -0.144. The fourth-order valence-electron chi connectivity index (χ4n) is 4.57. The van der Waals surface area contributed by atoms with Gasteiger partial charge in [0.15, 0.2) is 0 Å². The number of aliphatic hydroxyl groups excluding tert-OH is 1. The summed E-state index contributed by atoms with van der Waals surface area (Å²) in [6, 6.07) is 3.25. The first-order valence-corrected chi connectivity index (χ1v) is 12.3. The van der Waals surface area contributed by atoms with Gasteiger partial charge in [-0.15, -0.1) is 0 Å². The molecule has 35 heavy (non-hydrogen) atoms. The van der Waals surface area contributed by atoms with Crippen molar-refractivity contribution in [2.45, 2.75) is 82.5 Å². The normalized spacial score (nSPS) is 27.9. The molecule has 9 nitrogen and oxygen atoms in total. The number of rotatable bonds is 7. The Bertz CT molecular complexity index is 958. The van der Waals surface area contributed by atoms with E-state index in [-0.39, 0.29) is 31.4 Å². The molecule has 0 bridgehead atoms. The molecule has 4 N–H and O–H groups in total. The SMILES string of the molecule is CC[C@]1(C)NC(=O)[C@H](CCCCO)NC(=O)[C@H]2CCCN2C(=O)[C@H](Cc2ccccc2F)NC1=O. The van der Waals surface area contributed by atoms with Gasteiger partial charge in [0.25, 0.3) is 0 Å². The highest BCUT2D eigenvalue weighted by Gasteiger charge is 2.43. The molecule has 10 heteroatoms. The predicted octanol–water partition coefficient (Wildman–Crippen LogP) is 0.790. The second kappa shape index (κ2) is 11.6. The predicted molar refractivity (Wildman–Crippen MR) is 126 cm³/mol. The Labute approximate surface area is 204 Å². The largest absolute Gasteiger partial charge is 0.396 e. The third-order valence-corrected chi connectivity index (χ3v) is 6.97. The number of benzene rings is 1. The Hall–Kier alpha value is -3.01. The molecule has 192 valence electrons. The maximum absolute atomic E-state index is 14.4. The third-order valence-electron chi connectivity index (χ3n) is 6.97. The van der Waals surface area contributed by atoms with Gasteiger partial charge in [0.05, 0.1) is 0 Å². The van der Waals surface area contributed by atoms with Gasteiger partial charge in [-0.3, -0.25) is 19.2 Å². The van der Waals surface area contributed by atoms with E-state index in [2.05, 4.69) is 16.0 Å². The first kappa shape index (κ1) is 26.6. The highest BCUT2D eigenvalue weighted by Crippen LogP contribution is 2.22. The monoisotopic (exact) mass is 490 g/mol. The minimum atomic E-state index is -1.35. The van der Waals surface area contributed by atoms with Crippen LogP contribution in [0, 0.1) is 5.82 Å². The van der Waals surface area contributed by atoms with Crippen LogP contribution < -0.4 is 16.0 Å². The third kappa shape index (κ3) is 6.17. The fraction of sp³-hybridized carbons (Fsp3) is 0.600. The van der Waals surface area contributed by atoms with Crippen LogP contribution in [0.15, 0.2) is 24.3 Å². The number of hydrogen-bond acceptors (Lipinski definition) is 5. The smallest absolute Gasteiger partial charge is 0.246 e. The van der Waals surface area contributed by atoms with Gasteiger partial charge in [-0.05, 0) is 57.1 Å². The summed E-state index contributed by atoms with van der Waals surface area (Å²) in [5, 5.41) is 17.4. The molecule has 2 heterocycles. The van der Waals surface area contributed by atoms with Crippen LogP contribution >= 0.6 is 0 Å². The summed E-state index contributed by atoms with van der Waals surface area (Å²) in [5.41, 5.74) is -1.08. The molecule has 0 unspecified atom stereocenters. The van der Waals surface area contributed by atoms with E-state index in [0.29, 0.717) is 32.2 Å². The van der Waals surface area contributed by atoms with Gasteiger partial charge in [0, 0.05) is 19.6 Å². The van der Waals surface area contributed by atoms with Gasteiger partial charge in [0.1, 0.15) is 29.5 Å². The standard InChI is InChI=1S/C25H35FN4O5/c1-3-25(2)24(35)28-19(15-16-9-4-5-10-17(16)26)23(34)30-13-8-12-20(30)22(33)27-18(21(32)29-25)11-6-7-14-31/h4-5,9-10,18-20,31H,3,6-8,11-15H2,1-2H3,(H,27,33)(H,28,35)(H,29,32)/t18-,19-,20+,25-/m0/s1. The molecule has 1 aromatic carbocycles. The van der Waals surface area contributed by atoms with E-state index in [0.717, 1.165) is 0 Å². The number of aliphatic hydroxyl groups is 1. The summed E-state index contributed by atoms with van der Waals surface area (Å²) in [4.78, 5) is 54.7. The van der Waals surface area contributed by atoms with Crippen LogP contribution in [-0.2, 0) is 25.6 Å². The number of hydrogen-bond donors (Lipinski definition) is 4. The molecule has 2 aliphatic rings. The van der Waals surface area contributed by atoms with Crippen LogP contribution in [0.25, 0.3) is 0 Å². The average molecular weight is 491 g/mol. The van der Waals surface area contributed by atoms with E-state index in [1.807, 2.05) is 0 Å². The van der Waals surface area contributed by atoms with Crippen molar-refractivity contribution < 1.29 is 28.7 Å². The number of nitrogens with one attached hydrogen (secondary N) is 3. The van der Waals surface area contributed by atoms with Crippen molar-refractivity contribution in [3.8, 4) is 0 Å². The Morgan fingerprint density at radius 1 is 1.09 bits per heavy atom. The summed E-state index contributed by atoms with van der Waals surface area (Å²) in [6.45, 7) is 3.58. The van der Waals surface area contributed by atoms with Crippen LogP contribution in [-0.4, -0.2) is 70.5 Å². The van der Waals surface area contributed by atoms with Crippen LogP contribution in [0.1, 0.15) is 57.9 Å². The second-order valence-electron chi connectivity index (χ2n) is 9.47. The minimum absolute atomic E-state index is 0.0360. The number of halogens is 1. The maximum atomic E-state index is 14.4. The highest BCUT2D eigenvalue weighted by molar-refractivity contribution is 5.99. The highest BCUT2D eigenvalue weighted by atomic mass is 19.1. The molecule has 2 aliphatic heterocycles. The molecule has 0 spiro atoms. The number of unbranched alkanes of at least 4 members (excludes halogenated alkanes) is 1. The Kier molecular flexibility index (Phi) is 8.82. The topological polar surface area (TPSA) is 128 Å². The quantitative estimate of drug-likeness (QED) is 0.420. The van der Waals surface area contributed by atoms with Crippen LogP contribution in [0.3, 0.4) is 0 Å². The molecule has 2 fully saturated rings. The zero-order chi connectivity index (χ0) is 25.6. The summed E-state index contributed by atoms with van der Waals surface area (Å²) in [6.07, 6.45) is 2.43. The number of fused-ring (bicyclic) bond motifs is 1. The summed E-state index contributed by atoms with van der Waals surface area (Å²) in [7, 11) is 0. The van der Waals surface area contributed by atoms with Crippen molar-refractivity contribution in [3.05, 3.63) is 35.6 Å². The summed E-state index contributed by atoms with van der Waals surface area (Å²) >= 11 is 0. The van der Waals surface area contributed by atoms with E-state index in [1.165, 1.54) is 11.0 Å². The van der Waals surface area contributed by atoms with Crippen LogP contribution in [0.4, 0.5) is 4.39 Å². The van der Waals surface area contributed by atoms with Crippen molar-refractivity contribution in [1.29, 1.82) is 0 Å². The molecule has 0 radical (unpaired) electrons. The van der Waals surface area contributed by atoms with E-state index < -0.39 is 53.1 Å². The summed E-state index contributed by atoms with van der Waals surface area (Å²) < 4.78 is 14.4. The van der Waals surface area contributed by atoms with Crippen LogP contribution in [0.2, 0.25) is 0 Å². The number of nitrogens with zero attached hydrogens (tertiary/aromatic N) is 1. The number of carbonyl (C=O) groups is 4. The van der Waals surface area contributed by atoms with Crippen molar-refractivity contribution >= 4 is 23.6 Å². The molecule has 0 aliphatic carbocycles. The first-order valence-electron chi connectivity index (χ1n) is 12.3. The van der Waals surface area contributed by atoms with Gasteiger partial charge in [-0.2, -0.15) is 0 Å². The molecule has 2 saturated heterocycles. The zero-order valence-corrected chi connectivity index (χ0v) is 20.3. The van der Waals surface area contributed by atoms with E-state index in [9.17, 15) is 23.6 Å². The fourth-order valence-corrected chi connectivity index (χ4v) is 4.57. The van der Waals surface area contributed by atoms with Crippen molar-refractivity contribution in [1.82, 2.24) is 20.9 Å². The van der Waals surface area contributed by atoms with Crippen molar-refractivity contribution in [3.63, 3.8) is 0 Å². The van der Waals surface area contributed by atoms with E-state index in [1.54, 1.807) is 32.0 Å². The Morgan fingerprint density at radius 3 is 2.51 bits per heavy atom. The van der Waals surface area contributed by atoms with Gasteiger partial charge < -0.3 is 26.0 Å². The molecular formula is C25H35FN4O5. The second-order valence-corrected chi connectivity index (χ2v) is 9.47. The van der Waals surface area contributed by atoms with Gasteiger partial charge in [-0.25, -0.2) is 4.39 Å².